The Kier molecular flexibility index (Phi) is 4.39. The van der Waals surface area contributed by atoms with Crippen molar-refractivity contribution in [2.75, 3.05) is 6.54 Å². The van der Waals surface area contributed by atoms with E-state index in [0.717, 1.165) is 12.5 Å². The fraction of sp³-hybridized carbons (Fsp3) is 0.391. The van der Waals surface area contributed by atoms with Gasteiger partial charge in [-0.3, -0.25) is 4.90 Å². The highest BCUT2D eigenvalue weighted by molar-refractivity contribution is 5.80. The minimum atomic E-state index is 0.484. The van der Waals surface area contributed by atoms with E-state index in [1.807, 2.05) is 0 Å². The Morgan fingerprint density at radius 3 is 2.68 bits per heavy atom. The zero-order valence-corrected chi connectivity index (χ0v) is 15.5. The number of nitrogens with zero attached hydrogens (tertiary/aromatic N) is 1. The SMILES string of the molecule is Cc1ccc(CN2CCC(C)CC2c2cc3ccccc3[nH]2)cc1C. The summed E-state index contributed by atoms with van der Waals surface area (Å²) in [7, 11) is 0. The summed E-state index contributed by atoms with van der Waals surface area (Å²) in [6.07, 6.45) is 2.53. The summed E-state index contributed by atoms with van der Waals surface area (Å²) in [5, 5.41) is 1.32. The molecular weight excluding hydrogens is 304 g/mol. The van der Waals surface area contributed by atoms with Crippen molar-refractivity contribution in [1.82, 2.24) is 9.88 Å². The molecule has 1 fully saturated rings. The molecule has 1 saturated heterocycles. The van der Waals surface area contributed by atoms with E-state index >= 15 is 0 Å². The van der Waals surface area contributed by atoms with Crippen molar-refractivity contribution in [2.24, 2.45) is 5.92 Å². The molecule has 2 unspecified atom stereocenters. The van der Waals surface area contributed by atoms with E-state index in [4.69, 9.17) is 0 Å². The summed E-state index contributed by atoms with van der Waals surface area (Å²) in [5.74, 6) is 0.785. The number of benzene rings is 2. The zero-order chi connectivity index (χ0) is 17.4. The first-order valence-electron chi connectivity index (χ1n) is 9.48. The van der Waals surface area contributed by atoms with Crippen LogP contribution in [0.15, 0.2) is 48.5 Å². The number of nitrogens with one attached hydrogen (secondary N) is 1. The first-order chi connectivity index (χ1) is 12.1. The molecule has 0 amide bonds. The molecule has 2 heterocycles. The lowest BCUT2D eigenvalue weighted by Gasteiger charge is -2.38. The van der Waals surface area contributed by atoms with Crippen LogP contribution in [0.3, 0.4) is 0 Å². The van der Waals surface area contributed by atoms with E-state index in [-0.39, 0.29) is 0 Å². The molecule has 1 aliphatic heterocycles. The molecule has 4 rings (SSSR count). The standard InChI is InChI=1S/C23H28N2/c1-16-10-11-25(15-19-9-8-17(2)18(3)13-19)23(12-16)22-14-20-6-4-5-7-21(20)24-22/h4-9,13-14,16,23-24H,10-12,15H2,1-3H3. The molecule has 1 N–H and O–H groups in total. The van der Waals surface area contributed by atoms with Crippen LogP contribution in [-0.2, 0) is 6.54 Å². The van der Waals surface area contributed by atoms with Gasteiger partial charge in [0.25, 0.3) is 0 Å². The first-order valence-corrected chi connectivity index (χ1v) is 9.48. The van der Waals surface area contributed by atoms with Crippen LogP contribution in [0.25, 0.3) is 10.9 Å². The predicted molar refractivity (Wildman–Crippen MR) is 106 cm³/mol. The van der Waals surface area contributed by atoms with Gasteiger partial charge in [-0.2, -0.15) is 0 Å². The van der Waals surface area contributed by atoms with Crippen LogP contribution in [0, 0.1) is 19.8 Å². The molecular formula is C23H28N2. The summed E-state index contributed by atoms with van der Waals surface area (Å²) in [6, 6.07) is 18.4. The molecule has 0 radical (unpaired) electrons. The van der Waals surface area contributed by atoms with E-state index in [9.17, 15) is 0 Å². The van der Waals surface area contributed by atoms with Crippen molar-refractivity contribution >= 4 is 10.9 Å². The van der Waals surface area contributed by atoms with Crippen molar-refractivity contribution in [1.29, 1.82) is 0 Å². The lowest BCUT2D eigenvalue weighted by atomic mass is 9.90. The molecule has 0 spiro atoms. The molecule has 0 aliphatic carbocycles. The molecule has 2 heteroatoms. The maximum absolute atomic E-state index is 3.68. The number of rotatable bonds is 3. The lowest BCUT2D eigenvalue weighted by Crippen LogP contribution is -2.36. The van der Waals surface area contributed by atoms with Crippen LogP contribution in [-0.4, -0.2) is 16.4 Å². The van der Waals surface area contributed by atoms with Crippen molar-refractivity contribution in [3.05, 3.63) is 70.9 Å². The van der Waals surface area contributed by atoms with Crippen LogP contribution in [0.4, 0.5) is 0 Å². The van der Waals surface area contributed by atoms with E-state index in [1.165, 1.54) is 52.7 Å². The molecule has 2 aromatic carbocycles. The number of hydrogen-bond donors (Lipinski definition) is 1. The minimum Gasteiger partial charge on any atom is -0.357 e. The van der Waals surface area contributed by atoms with Crippen molar-refractivity contribution < 1.29 is 0 Å². The van der Waals surface area contributed by atoms with Gasteiger partial charge < -0.3 is 4.98 Å². The Morgan fingerprint density at radius 2 is 1.88 bits per heavy atom. The molecule has 25 heavy (non-hydrogen) atoms. The van der Waals surface area contributed by atoms with Gasteiger partial charge in [0, 0.05) is 17.8 Å². The molecule has 0 saturated carbocycles. The molecule has 2 atom stereocenters. The van der Waals surface area contributed by atoms with Gasteiger partial charge in [0.1, 0.15) is 0 Å². The maximum atomic E-state index is 3.68. The number of piperidine rings is 1. The Labute approximate surface area is 150 Å². The highest BCUT2D eigenvalue weighted by Crippen LogP contribution is 2.36. The summed E-state index contributed by atoms with van der Waals surface area (Å²) >= 11 is 0. The second-order valence-corrected chi connectivity index (χ2v) is 7.85. The number of fused-ring (bicyclic) bond motifs is 1. The van der Waals surface area contributed by atoms with Gasteiger partial charge in [-0.15, -0.1) is 0 Å². The third-order valence-corrected chi connectivity index (χ3v) is 5.84. The van der Waals surface area contributed by atoms with E-state index in [0.29, 0.717) is 6.04 Å². The van der Waals surface area contributed by atoms with Gasteiger partial charge in [-0.05, 0) is 73.4 Å². The van der Waals surface area contributed by atoms with Gasteiger partial charge in [0.2, 0.25) is 0 Å². The number of H-pyrrole nitrogens is 1. The number of para-hydroxylation sites is 1. The minimum absolute atomic E-state index is 0.484. The summed E-state index contributed by atoms with van der Waals surface area (Å²) in [4.78, 5) is 6.34. The average molecular weight is 332 g/mol. The zero-order valence-electron chi connectivity index (χ0n) is 15.5. The summed E-state index contributed by atoms with van der Waals surface area (Å²) in [5.41, 5.74) is 6.82. The monoisotopic (exact) mass is 332 g/mol. The van der Waals surface area contributed by atoms with Crippen LogP contribution in [0.2, 0.25) is 0 Å². The maximum Gasteiger partial charge on any atom is 0.0504 e. The van der Waals surface area contributed by atoms with Gasteiger partial charge in [0.15, 0.2) is 0 Å². The highest BCUT2D eigenvalue weighted by Gasteiger charge is 2.28. The number of aromatic nitrogens is 1. The number of likely N-dealkylation sites (tertiary alicyclic amines) is 1. The van der Waals surface area contributed by atoms with Crippen LogP contribution >= 0.6 is 0 Å². The highest BCUT2D eigenvalue weighted by atomic mass is 15.2. The Hall–Kier alpha value is -2.06. The van der Waals surface area contributed by atoms with Crippen LogP contribution in [0.5, 0.6) is 0 Å². The molecule has 0 bridgehead atoms. The Morgan fingerprint density at radius 1 is 1.04 bits per heavy atom. The summed E-state index contributed by atoms with van der Waals surface area (Å²) in [6.45, 7) is 9.01. The van der Waals surface area contributed by atoms with Crippen LogP contribution < -0.4 is 0 Å². The second kappa shape index (κ2) is 6.68. The van der Waals surface area contributed by atoms with Gasteiger partial charge in [0.05, 0.1) is 6.04 Å². The molecule has 3 aromatic rings. The second-order valence-electron chi connectivity index (χ2n) is 7.85. The Bertz CT molecular complexity index is 844. The number of aromatic amines is 1. The fourth-order valence-electron chi connectivity index (χ4n) is 4.11. The third-order valence-electron chi connectivity index (χ3n) is 5.84. The molecule has 130 valence electrons. The predicted octanol–water partition coefficient (Wildman–Crippen LogP) is 5.76. The normalized spacial score (nSPS) is 21.7. The van der Waals surface area contributed by atoms with Gasteiger partial charge in [-0.1, -0.05) is 43.3 Å². The smallest absolute Gasteiger partial charge is 0.0504 e. The van der Waals surface area contributed by atoms with E-state index in [2.05, 4.69) is 79.2 Å². The quantitative estimate of drug-likeness (QED) is 0.646. The lowest BCUT2D eigenvalue weighted by molar-refractivity contribution is 0.108. The van der Waals surface area contributed by atoms with Crippen molar-refractivity contribution in [2.45, 2.75) is 46.2 Å². The fourth-order valence-corrected chi connectivity index (χ4v) is 4.11. The average Bonchev–Trinajstić information content (AvgIpc) is 3.03. The van der Waals surface area contributed by atoms with Crippen molar-refractivity contribution in [3.63, 3.8) is 0 Å². The topological polar surface area (TPSA) is 19.0 Å². The third kappa shape index (κ3) is 3.36. The van der Waals surface area contributed by atoms with Crippen LogP contribution in [0.1, 0.15) is 48.2 Å². The number of hydrogen-bond acceptors (Lipinski definition) is 1. The largest absolute Gasteiger partial charge is 0.357 e. The van der Waals surface area contributed by atoms with Crippen molar-refractivity contribution in [3.8, 4) is 0 Å². The molecule has 2 nitrogen and oxygen atoms in total. The van der Waals surface area contributed by atoms with Gasteiger partial charge >= 0.3 is 0 Å². The van der Waals surface area contributed by atoms with E-state index < -0.39 is 0 Å². The van der Waals surface area contributed by atoms with E-state index in [1.54, 1.807) is 0 Å². The first kappa shape index (κ1) is 16.4. The molecule has 1 aliphatic rings. The summed E-state index contributed by atoms with van der Waals surface area (Å²) < 4.78 is 0. The molecule has 1 aromatic heterocycles. The Balaban J connectivity index is 1.63. The van der Waals surface area contributed by atoms with Gasteiger partial charge in [-0.25, -0.2) is 0 Å². The number of aryl methyl sites for hydroxylation is 2.